The number of pyridine rings is 1. The lowest BCUT2D eigenvalue weighted by atomic mass is 9.99. The molecule has 1 atom stereocenters. The van der Waals surface area contributed by atoms with E-state index in [-0.39, 0.29) is 11.9 Å². The summed E-state index contributed by atoms with van der Waals surface area (Å²) in [5.41, 5.74) is 2.04. The van der Waals surface area contributed by atoms with Crippen molar-refractivity contribution in [2.75, 3.05) is 20.7 Å². The second kappa shape index (κ2) is 8.81. The van der Waals surface area contributed by atoms with Crippen LogP contribution in [0.2, 0.25) is 0 Å². The van der Waals surface area contributed by atoms with Gasteiger partial charge in [-0.05, 0) is 55.3 Å². The summed E-state index contributed by atoms with van der Waals surface area (Å²) in [5, 5.41) is 3.19. The molecule has 1 saturated carbocycles. The number of rotatable bonds is 7. The minimum Gasteiger partial charge on any atom is -0.497 e. The van der Waals surface area contributed by atoms with Crippen LogP contribution in [0, 0.1) is 0 Å². The smallest absolute Gasteiger partial charge is 0.234 e. The fourth-order valence-corrected chi connectivity index (χ4v) is 3.62. The second-order valence-corrected chi connectivity index (χ2v) is 6.91. The highest BCUT2D eigenvalue weighted by molar-refractivity contribution is 5.79. The van der Waals surface area contributed by atoms with Crippen LogP contribution in [0.15, 0.2) is 48.8 Å². The number of carbonyl (C=O) groups is 1. The number of aromatic nitrogens is 1. The van der Waals surface area contributed by atoms with Gasteiger partial charge in [-0.15, -0.1) is 0 Å². The number of likely N-dealkylation sites (N-methyl/N-ethyl adjacent to an activating group) is 1. The Morgan fingerprint density at radius 2 is 1.77 bits per heavy atom. The van der Waals surface area contributed by atoms with Gasteiger partial charge in [-0.25, -0.2) is 0 Å². The first-order valence-corrected chi connectivity index (χ1v) is 9.21. The average Bonchev–Trinajstić information content (AvgIpc) is 3.22. The normalized spacial score (nSPS) is 15.8. The Hall–Kier alpha value is -2.40. The van der Waals surface area contributed by atoms with Crippen molar-refractivity contribution in [3.8, 4) is 5.75 Å². The van der Waals surface area contributed by atoms with Crippen LogP contribution in [-0.4, -0.2) is 42.5 Å². The fourth-order valence-electron chi connectivity index (χ4n) is 3.62. The molecular formula is C21H27N3O2. The topological polar surface area (TPSA) is 54.5 Å². The van der Waals surface area contributed by atoms with Gasteiger partial charge < -0.3 is 10.1 Å². The van der Waals surface area contributed by atoms with Crippen molar-refractivity contribution in [3.05, 3.63) is 59.9 Å². The minimum absolute atomic E-state index is 0.0389. The molecule has 1 unspecified atom stereocenters. The van der Waals surface area contributed by atoms with Gasteiger partial charge in [0.25, 0.3) is 0 Å². The molecule has 138 valence electrons. The molecule has 5 heteroatoms. The molecule has 2 aromatic rings. The number of carbonyl (C=O) groups excluding carboxylic acids is 1. The molecule has 1 heterocycles. The van der Waals surface area contributed by atoms with Gasteiger partial charge in [-0.3, -0.25) is 14.7 Å². The summed E-state index contributed by atoms with van der Waals surface area (Å²) in [6, 6.07) is 12.0. The van der Waals surface area contributed by atoms with Gasteiger partial charge in [-0.2, -0.15) is 0 Å². The van der Waals surface area contributed by atoms with E-state index in [1.807, 2.05) is 43.4 Å². The summed E-state index contributed by atoms with van der Waals surface area (Å²) in [7, 11) is 3.69. The Kier molecular flexibility index (Phi) is 6.23. The van der Waals surface area contributed by atoms with E-state index in [1.54, 1.807) is 19.5 Å². The molecule has 1 aromatic heterocycles. The lowest BCUT2D eigenvalue weighted by molar-refractivity contribution is -0.122. The van der Waals surface area contributed by atoms with Crippen LogP contribution >= 0.6 is 0 Å². The second-order valence-electron chi connectivity index (χ2n) is 6.91. The molecule has 1 amide bonds. The minimum atomic E-state index is -0.201. The number of nitrogens with zero attached hydrogens (tertiary/aromatic N) is 2. The monoisotopic (exact) mass is 353 g/mol. The average molecular weight is 353 g/mol. The van der Waals surface area contributed by atoms with Crippen molar-refractivity contribution in [1.82, 2.24) is 15.2 Å². The molecule has 0 saturated heterocycles. The van der Waals surface area contributed by atoms with Crippen molar-refractivity contribution >= 4 is 5.91 Å². The fraction of sp³-hybridized carbons (Fsp3) is 0.429. The van der Waals surface area contributed by atoms with Crippen molar-refractivity contribution in [3.63, 3.8) is 0 Å². The third kappa shape index (κ3) is 4.61. The van der Waals surface area contributed by atoms with E-state index in [1.165, 1.54) is 25.7 Å². The summed E-state index contributed by atoms with van der Waals surface area (Å²) >= 11 is 0. The van der Waals surface area contributed by atoms with E-state index in [9.17, 15) is 4.79 Å². The molecule has 1 aromatic carbocycles. The standard InChI is InChI=1S/C21H27N3O2/c1-24(18-5-3-4-6-18)15-20(25)23-21(17-11-13-22-14-12-17)16-7-9-19(26-2)10-8-16/h7-14,18,21H,3-6,15H2,1-2H3,(H,23,25). The van der Waals surface area contributed by atoms with Crippen LogP contribution in [0.25, 0.3) is 0 Å². The first-order valence-electron chi connectivity index (χ1n) is 9.21. The Morgan fingerprint density at radius 3 is 2.38 bits per heavy atom. The zero-order chi connectivity index (χ0) is 18.4. The predicted molar refractivity (Wildman–Crippen MR) is 102 cm³/mol. The van der Waals surface area contributed by atoms with Crippen molar-refractivity contribution in [1.29, 1.82) is 0 Å². The Morgan fingerprint density at radius 1 is 1.15 bits per heavy atom. The number of ether oxygens (including phenoxy) is 1. The van der Waals surface area contributed by atoms with Crippen LogP contribution in [0.1, 0.15) is 42.9 Å². The molecule has 1 aliphatic rings. The maximum Gasteiger partial charge on any atom is 0.234 e. The lowest BCUT2D eigenvalue weighted by Crippen LogP contribution is -2.41. The molecule has 26 heavy (non-hydrogen) atoms. The van der Waals surface area contributed by atoms with Gasteiger partial charge in [0.05, 0.1) is 19.7 Å². The highest BCUT2D eigenvalue weighted by Crippen LogP contribution is 2.25. The third-order valence-corrected chi connectivity index (χ3v) is 5.13. The van der Waals surface area contributed by atoms with E-state index >= 15 is 0 Å². The summed E-state index contributed by atoms with van der Waals surface area (Å²) in [4.78, 5) is 19.0. The molecule has 0 radical (unpaired) electrons. The SMILES string of the molecule is COc1ccc(C(NC(=O)CN(C)C2CCCC2)c2ccncc2)cc1. The molecule has 0 spiro atoms. The van der Waals surface area contributed by atoms with Gasteiger partial charge in [-0.1, -0.05) is 25.0 Å². The summed E-state index contributed by atoms with van der Waals surface area (Å²) < 4.78 is 5.24. The largest absolute Gasteiger partial charge is 0.497 e. The maximum absolute atomic E-state index is 12.7. The van der Waals surface area contributed by atoms with Crippen LogP contribution in [0.3, 0.4) is 0 Å². The molecule has 1 fully saturated rings. The predicted octanol–water partition coefficient (Wildman–Crippen LogP) is 3.17. The van der Waals surface area contributed by atoms with E-state index in [2.05, 4.69) is 15.2 Å². The van der Waals surface area contributed by atoms with Gasteiger partial charge in [0.15, 0.2) is 0 Å². The zero-order valence-electron chi connectivity index (χ0n) is 15.5. The van der Waals surface area contributed by atoms with Crippen molar-refractivity contribution in [2.45, 2.75) is 37.8 Å². The molecule has 1 aliphatic carbocycles. The van der Waals surface area contributed by atoms with Crippen LogP contribution < -0.4 is 10.1 Å². The Balaban J connectivity index is 1.73. The van der Waals surface area contributed by atoms with Gasteiger partial charge in [0.2, 0.25) is 5.91 Å². The van der Waals surface area contributed by atoms with Gasteiger partial charge in [0.1, 0.15) is 5.75 Å². The maximum atomic E-state index is 12.7. The van der Waals surface area contributed by atoms with E-state index in [0.717, 1.165) is 16.9 Å². The van der Waals surface area contributed by atoms with E-state index < -0.39 is 0 Å². The lowest BCUT2D eigenvalue weighted by Gasteiger charge is -2.25. The number of hydrogen-bond donors (Lipinski definition) is 1. The van der Waals surface area contributed by atoms with Crippen LogP contribution in [0.5, 0.6) is 5.75 Å². The molecule has 3 rings (SSSR count). The molecule has 1 N–H and O–H groups in total. The van der Waals surface area contributed by atoms with Crippen LogP contribution in [0.4, 0.5) is 0 Å². The summed E-state index contributed by atoms with van der Waals surface area (Å²) in [6.07, 6.45) is 8.42. The van der Waals surface area contributed by atoms with Gasteiger partial charge >= 0.3 is 0 Å². The third-order valence-electron chi connectivity index (χ3n) is 5.13. The number of methoxy groups -OCH3 is 1. The van der Waals surface area contributed by atoms with Crippen molar-refractivity contribution in [2.24, 2.45) is 0 Å². The Labute approximate surface area is 155 Å². The highest BCUT2D eigenvalue weighted by Gasteiger charge is 2.23. The van der Waals surface area contributed by atoms with E-state index in [4.69, 9.17) is 4.74 Å². The first kappa shape index (κ1) is 18.4. The quantitative estimate of drug-likeness (QED) is 0.831. The van der Waals surface area contributed by atoms with E-state index in [0.29, 0.717) is 12.6 Å². The Bertz CT molecular complexity index is 697. The highest BCUT2D eigenvalue weighted by atomic mass is 16.5. The number of benzene rings is 1. The molecule has 5 nitrogen and oxygen atoms in total. The number of nitrogens with one attached hydrogen (secondary N) is 1. The summed E-state index contributed by atoms with van der Waals surface area (Å²) in [6.45, 7) is 0.419. The molecular weight excluding hydrogens is 326 g/mol. The molecule has 0 bridgehead atoms. The first-order chi connectivity index (χ1) is 12.7. The number of amides is 1. The van der Waals surface area contributed by atoms with Crippen molar-refractivity contribution < 1.29 is 9.53 Å². The van der Waals surface area contributed by atoms with Crippen LogP contribution in [-0.2, 0) is 4.79 Å². The molecule has 0 aliphatic heterocycles. The number of hydrogen-bond acceptors (Lipinski definition) is 4. The summed E-state index contributed by atoms with van der Waals surface area (Å²) in [5.74, 6) is 0.839. The zero-order valence-corrected chi connectivity index (χ0v) is 15.5. The van der Waals surface area contributed by atoms with Gasteiger partial charge in [0, 0.05) is 18.4 Å².